The fourth-order valence-corrected chi connectivity index (χ4v) is 2.52. The summed E-state index contributed by atoms with van der Waals surface area (Å²) in [5, 5.41) is 23.5. The number of hydrogen-bond donors (Lipinski definition) is 4. The van der Waals surface area contributed by atoms with Crippen molar-refractivity contribution in [3.8, 4) is 0 Å². The van der Waals surface area contributed by atoms with Gasteiger partial charge in [-0.3, -0.25) is 0 Å². The number of hydrogen-bond acceptors (Lipinski definition) is 6. The molecule has 0 atom stereocenters. The quantitative estimate of drug-likeness (QED) is 0.201. The number of halogens is 4. The summed E-state index contributed by atoms with van der Waals surface area (Å²) < 4.78 is 43.4. The van der Waals surface area contributed by atoms with Crippen LogP contribution in [0.4, 0.5) is 24.5 Å². The molecule has 2 rings (SSSR count). The number of benzene rings is 2. The maximum atomic E-state index is 14.5. The van der Waals surface area contributed by atoms with Gasteiger partial charge in [-0.1, -0.05) is 5.16 Å². The summed E-state index contributed by atoms with van der Waals surface area (Å²) >= 11 is 1.92. The average molecular weight is 481 g/mol. The number of rotatable bonds is 8. The number of nitrogens with zero attached hydrogens (tertiary/aromatic N) is 1. The van der Waals surface area contributed by atoms with Crippen LogP contribution in [0.3, 0.4) is 0 Å². The van der Waals surface area contributed by atoms with Crippen molar-refractivity contribution in [2.45, 2.75) is 6.54 Å². The Morgan fingerprint density at radius 2 is 1.96 bits per heavy atom. The second-order valence-electron chi connectivity index (χ2n) is 5.00. The van der Waals surface area contributed by atoms with Crippen molar-refractivity contribution < 1.29 is 28.3 Å². The van der Waals surface area contributed by atoms with Crippen molar-refractivity contribution in [3.05, 3.63) is 56.4 Å². The van der Waals surface area contributed by atoms with E-state index in [1.54, 1.807) is 6.07 Å². The van der Waals surface area contributed by atoms with E-state index in [-0.39, 0.29) is 42.3 Å². The number of nitrogens with one attached hydrogen (secondary N) is 2. The molecular weight excluding hydrogens is 466 g/mol. The van der Waals surface area contributed by atoms with Gasteiger partial charge in [-0.2, -0.15) is 0 Å². The fraction of sp³-hybridized carbons (Fsp3) is 0.188. The molecule has 2 aromatic rings. The first kappa shape index (κ1) is 20.4. The lowest BCUT2D eigenvalue weighted by Crippen LogP contribution is -2.12. The van der Waals surface area contributed by atoms with E-state index in [9.17, 15) is 13.2 Å². The molecule has 0 saturated heterocycles. The number of hydroxylamine groups is 1. The first-order valence-electron chi connectivity index (χ1n) is 7.34. The molecule has 26 heavy (non-hydrogen) atoms. The molecule has 0 unspecified atom stereocenters. The van der Waals surface area contributed by atoms with Crippen molar-refractivity contribution >= 4 is 40.2 Å². The van der Waals surface area contributed by atoms with Gasteiger partial charge in [0.15, 0.2) is 11.6 Å². The molecule has 10 heteroatoms. The van der Waals surface area contributed by atoms with Gasteiger partial charge >= 0.3 is 0 Å². The van der Waals surface area contributed by atoms with Crippen LogP contribution in [-0.2, 0) is 11.4 Å². The molecule has 0 bridgehead atoms. The molecule has 0 amide bonds. The molecule has 0 aliphatic carbocycles. The first-order valence-corrected chi connectivity index (χ1v) is 8.42. The van der Waals surface area contributed by atoms with E-state index in [2.05, 4.69) is 15.3 Å². The summed E-state index contributed by atoms with van der Waals surface area (Å²) in [6.07, 6.45) is 0.935. The van der Waals surface area contributed by atoms with Crippen molar-refractivity contribution in [2.75, 3.05) is 18.5 Å². The molecule has 2 aromatic carbocycles. The molecule has 0 aliphatic heterocycles. The molecule has 0 fully saturated rings. The van der Waals surface area contributed by atoms with Crippen LogP contribution in [0.1, 0.15) is 11.1 Å². The van der Waals surface area contributed by atoms with E-state index in [4.69, 9.17) is 10.3 Å². The molecule has 6 nitrogen and oxygen atoms in total. The molecule has 4 N–H and O–H groups in total. The highest BCUT2D eigenvalue weighted by Crippen LogP contribution is 2.30. The van der Waals surface area contributed by atoms with Gasteiger partial charge in [0.25, 0.3) is 0 Å². The maximum absolute atomic E-state index is 14.5. The van der Waals surface area contributed by atoms with Crippen molar-refractivity contribution in [3.63, 3.8) is 0 Å². The SMILES string of the molecule is OCCON=Cc1cc(CNO)c(Nc2ccc(I)cc2F)c(F)c1F. The zero-order chi connectivity index (χ0) is 19.1. The third kappa shape index (κ3) is 5.06. The van der Waals surface area contributed by atoms with Crippen molar-refractivity contribution in [1.29, 1.82) is 0 Å². The third-order valence-corrected chi connectivity index (χ3v) is 3.90. The molecule has 0 saturated carbocycles. The van der Waals surface area contributed by atoms with Crippen LogP contribution >= 0.6 is 22.6 Å². The lowest BCUT2D eigenvalue weighted by molar-refractivity contribution is 0.0997. The topological polar surface area (TPSA) is 86.1 Å². The van der Waals surface area contributed by atoms with Gasteiger partial charge in [0.1, 0.15) is 12.4 Å². The van der Waals surface area contributed by atoms with Crippen LogP contribution < -0.4 is 10.8 Å². The Balaban J connectivity index is 2.41. The number of anilines is 2. The normalized spacial score (nSPS) is 11.2. The van der Waals surface area contributed by atoms with E-state index >= 15 is 0 Å². The number of oxime groups is 1. The minimum Gasteiger partial charge on any atom is -0.393 e. The standard InChI is InChI=1S/C16H15F3IN3O3/c17-12-6-11(20)1-2-13(12)23-16-10(7-21-25)5-9(14(18)15(16)19)8-22-26-4-3-24/h1-2,5-6,8,21,23-25H,3-4,7H2. The van der Waals surface area contributed by atoms with Gasteiger partial charge in [0.05, 0.1) is 24.2 Å². The lowest BCUT2D eigenvalue weighted by Gasteiger charge is -2.15. The predicted molar refractivity (Wildman–Crippen MR) is 98.0 cm³/mol. The van der Waals surface area contributed by atoms with E-state index < -0.39 is 17.5 Å². The van der Waals surface area contributed by atoms with Gasteiger partial charge in [-0.25, -0.2) is 18.7 Å². The highest BCUT2D eigenvalue weighted by molar-refractivity contribution is 14.1. The second kappa shape index (κ2) is 9.71. The molecule has 0 aliphatic rings. The van der Waals surface area contributed by atoms with E-state index in [0.29, 0.717) is 3.57 Å². The summed E-state index contributed by atoms with van der Waals surface area (Å²) in [4.78, 5) is 4.63. The predicted octanol–water partition coefficient (Wildman–Crippen LogP) is 3.27. The molecule has 0 radical (unpaired) electrons. The van der Waals surface area contributed by atoms with Gasteiger partial charge < -0.3 is 20.5 Å². The Kier molecular flexibility index (Phi) is 7.63. The highest BCUT2D eigenvalue weighted by atomic mass is 127. The summed E-state index contributed by atoms with van der Waals surface area (Å²) in [7, 11) is 0. The van der Waals surface area contributed by atoms with Crippen LogP contribution in [0.5, 0.6) is 0 Å². The fourth-order valence-electron chi connectivity index (χ4n) is 2.07. The van der Waals surface area contributed by atoms with Crippen molar-refractivity contribution in [1.82, 2.24) is 5.48 Å². The number of aliphatic hydroxyl groups is 1. The highest BCUT2D eigenvalue weighted by Gasteiger charge is 2.19. The minimum absolute atomic E-state index is 0.0457. The monoisotopic (exact) mass is 481 g/mol. The maximum Gasteiger partial charge on any atom is 0.183 e. The minimum atomic E-state index is -1.26. The Morgan fingerprint density at radius 3 is 2.62 bits per heavy atom. The van der Waals surface area contributed by atoms with Crippen molar-refractivity contribution in [2.24, 2.45) is 5.16 Å². The number of aliphatic hydroxyl groups excluding tert-OH is 1. The molecule has 0 aromatic heterocycles. The van der Waals surface area contributed by atoms with E-state index in [1.807, 2.05) is 28.1 Å². The Bertz CT molecular complexity index is 806. The summed E-state index contributed by atoms with van der Waals surface area (Å²) in [6, 6.07) is 5.45. The zero-order valence-electron chi connectivity index (χ0n) is 13.3. The lowest BCUT2D eigenvalue weighted by atomic mass is 10.1. The first-order chi connectivity index (χ1) is 12.5. The van der Waals surface area contributed by atoms with Crippen LogP contribution in [0.15, 0.2) is 29.4 Å². The van der Waals surface area contributed by atoms with E-state index in [0.717, 1.165) is 6.21 Å². The Labute approximate surface area is 160 Å². The van der Waals surface area contributed by atoms with Crippen LogP contribution in [0.25, 0.3) is 0 Å². The molecular formula is C16H15F3IN3O3. The van der Waals surface area contributed by atoms with Crippen LogP contribution in [0.2, 0.25) is 0 Å². The largest absolute Gasteiger partial charge is 0.393 e. The van der Waals surface area contributed by atoms with Crippen LogP contribution in [0, 0.1) is 21.0 Å². The van der Waals surface area contributed by atoms with Crippen LogP contribution in [-0.4, -0.2) is 29.7 Å². The summed E-state index contributed by atoms with van der Waals surface area (Å²) in [5.74, 6) is -3.13. The molecule has 0 heterocycles. The Morgan fingerprint density at radius 1 is 1.19 bits per heavy atom. The van der Waals surface area contributed by atoms with Gasteiger partial charge in [-0.05, 0) is 52.4 Å². The van der Waals surface area contributed by atoms with Gasteiger partial charge in [0.2, 0.25) is 0 Å². The smallest absolute Gasteiger partial charge is 0.183 e. The van der Waals surface area contributed by atoms with Gasteiger partial charge in [0, 0.05) is 15.7 Å². The van der Waals surface area contributed by atoms with Gasteiger partial charge in [-0.15, -0.1) is 0 Å². The average Bonchev–Trinajstić information content (AvgIpc) is 2.61. The molecule has 0 spiro atoms. The molecule has 140 valence electrons. The zero-order valence-corrected chi connectivity index (χ0v) is 15.4. The summed E-state index contributed by atoms with van der Waals surface area (Å²) in [6.45, 7) is -0.612. The Hall–Kier alpha value is -1.89. The van der Waals surface area contributed by atoms with E-state index in [1.165, 1.54) is 18.2 Å². The third-order valence-electron chi connectivity index (χ3n) is 3.23. The summed E-state index contributed by atoms with van der Waals surface area (Å²) in [5.41, 5.74) is 1.38. The second-order valence-corrected chi connectivity index (χ2v) is 6.25.